The first kappa shape index (κ1) is 18.3. The summed E-state index contributed by atoms with van der Waals surface area (Å²) < 4.78 is 5.59. The van der Waals surface area contributed by atoms with Crippen LogP contribution in [-0.4, -0.2) is 42.5 Å². The van der Waals surface area contributed by atoms with E-state index in [1.165, 1.54) is 0 Å². The fraction of sp³-hybridized carbons (Fsp3) is 0.556. The Kier molecular flexibility index (Phi) is 7.06. The van der Waals surface area contributed by atoms with Crippen LogP contribution in [0.1, 0.15) is 38.2 Å². The average molecular weight is 333 g/mol. The van der Waals surface area contributed by atoms with E-state index in [2.05, 4.69) is 12.2 Å². The van der Waals surface area contributed by atoms with Crippen LogP contribution in [0.2, 0.25) is 0 Å². The van der Waals surface area contributed by atoms with Crippen LogP contribution >= 0.6 is 0 Å². The number of nitrogens with one attached hydrogen (secondary N) is 1. The lowest BCUT2D eigenvalue weighted by Gasteiger charge is -2.32. The molecule has 1 aromatic carbocycles. The first-order chi connectivity index (χ1) is 11.6. The van der Waals surface area contributed by atoms with Gasteiger partial charge in [-0.3, -0.25) is 14.5 Å². The Morgan fingerprint density at radius 2 is 2.21 bits per heavy atom. The van der Waals surface area contributed by atoms with E-state index in [1.54, 1.807) is 0 Å². The molecular formula is C18H27N3O3. The maximum absolute atomic E-state index is 12.2. The first-order valence-corrected chi connectivity index (χ1v) is 8.62. The van der Waals surface area contributed by atoms with Crippen molar-refractivity contribution in [2.75, 3.05) is 19.7 Å². The van der Waals surface area contributed by atoms with E-state index in [1.807, 2.05) is 29.2 Å². The summed E-state index contributed by atoms with van der Waals surface area (Å²) in [5, 5.41) is 2.90. The van der Waals surface area contributed by atoms with Crippen LogP contribution in [0.15, 0.2) is 24.3 Å². The summed E-state index contributed by atoms with van der Waals surface area (Å²) in [6.07, 6.45) is 3.67. The van der Waals surface area contributed by atoms with Crippen molar-refractivity contribution < 1.29 is 14.3 Å². The van der Waals surface area contributed by atoms with Gasteiger partial charge in [-0.2, -0.15) is 0 Å². The van der Waals surface area contributed by atoms with Crippen molar-refractivity contribution in [1.29, 1.82) is 0 Å². The molecule has 3 N–H and O–H groups in total. The molecule has 1 atom stereocenters. The molecule has 1 fully saturated rings. The van der Waals surface area contributed by atoms with E-state index in [4.69, 9.17) is 10.5 Å². The van der Waals surface area contributed by atoms with Gasteiger partial charge in [0.05, 0.1) is 19.2 Å². The van der Waals surface area contributed by atoms with Crippen LogP contribution in [-0.2, 0) is 16.1 Å². The number of piperidine rings is 1. The highest BCUT2D eigenvalue weighted by atomic mass is 16.5. The molecule has 2 rings (SSSR count). The lowest BCUT2D eigenvalue weighted by atomic mass is 10.0. The topological polar surface area (TPSA) is 84.7 Å². The van der Waals surface area contributed by atoms with E-state index in [9.17, 15) is 9.59 Å². The van der Waals surface area contributed by atoms with Crippen molar-refractivity contribution in [3.63, 3.8) is 0 Å². The van der Waals surface area contributed by atoms with Gasteiger partial charge >= 0.3 is 0 Å². The SMILES string of the molecule is CCCOc1cccc(CNC(=O)CN2CCCCC2C(N)=O)c1. The van der Waals surface area contributed by atoms with Gasteiger partial charge < -0.3 is 15.8 Å². The maximum atomic E-state index is 12.2. The molecule has 2 amide bonds. The molecule has 132 valence electrons. The predicted molar refractivity (Wildman–Crippen MR) is 92.5 cm³/mol. The molecule has 0 spiro atoms. The first-order valence-electron chi connectivity index (χ1n) is 8.62. The lowest BCUT2D eigenvalue weighted by Crippen LogP contribution is -2.51. The number of benzene rings is 1. The highest BCUT2D eigenvalue weighted by Crippen LogP contribution is 2.16. The minimum absolute atomic E-state index is 0.0944. The summed E-state index contributed by atoms with van der Waals surface area (Å²) in [7, 11) is 0. The third-order valence-corrected chi connectivity index (χ3v) is 4.15. The van der Waals surface area contributed by atoms with Crippen LogP contribution in [0.25, 0.3) is 0 Å². The Labute approximate surface area is 143 Å². The average Bonchev–Trinajstić information content (AvgIpc) is 2.59. The Balaban J connectivity index is 1.83. The number of likely N-dealkylation sites (tertiary alicyclic amines) is 1. The van der Waals surface area contributed by atoms with E-state index >= 15 is 0 Å². The van der Waals surface area contributed by atoms with Crippen LogP contribution in [0.3, 0.4) is 0 Å². The van der Waals surface area contributed by atoms with Crippen LogP contribution in [0.4, 0.5) is 0 Å². The Morgan fingerprint density at radius 3 is 2.96 bits per heavy atom. The minimum Gasteiger partial charge on any atom is -0.494 e. The summed E-state index contributed by atoms with van der Waals surface area (Å²) in [5.74, 6) is 0.375. The molecule has 1 aliphatic heterocycles. The fourth-order valence-electron chi connectivity index (χ4n) is 2.91. The summed E-state index contributed by atoms with van der Waals surface area (Å²) >= 11 is 0. The van der Waals surface area contributed by atoms with E-state index in [0.29, 0.717) is 13.2 Å². The van der Waals surface area contributed by atoms with Crippen molar-refractivity contribution in [2.24, 2.45) is 5.73 Å². The van der Waals surface area contributed by atoms with Gasteiger partial charge in [0.15, 0.2) is 0 Å². The smallest absolute Gasteiger partial charge is 0.234 e. The lowest BCUT2D eigenvalue weighted by molar-refractivity contribution is -0.128. The highest BCUT2D eigenvalue weighted by molar-refractivity contribution is 5.82. The molecule has 1 unspecified atom stereocenters. The number of nitrogens with zero attached hydrogens (tertiary/aromatic N) is 1. The van der Waals surface area contributed by atoms with E-state index < -0.39 is 0 Å². The van der Waals surface area contributed by atoms with Gasteiger partial charge in [-0.25, -0.2) is 0 Å². The van der Waals surface area contributed by atoms with Crippen molar-refractivity contribution in [1.82, 2.24) is 10.2 Å². The standard InChI is InChI=1S/C18H27N3O3/c1-2-10-24-15-7-5-6-14(11-15)12-20-17(22)13-21-9-4-3-8-16(21)18(19)23/h5-7,11,16H,2-4,8-10,12-13H2,1H3,(H2,19,23)(H,20,22). The molecule has 6 nitrogen and oxygen atoms in total. The third kappa shape index (κ3) is 5.53. The second-order valence-electron chi connectivity index (χ2n) is 6.16. The van der Waals surface area contributed by atoms with Crippen LogP contribution in [0.5, 0.6) is 5.75 Å². The van der Waals surface area contributed by atoms with Crippen LogP contribution in [0, 0.1) is 0 Å². The molecule has 1 saturated heterocycles. The van der Waals surface area contributed by atoms with Gasteiger partial charge in [-0.15, -0.1) is 0 Å². The van der Waals surface area contributed by atoms with Crippen molar-refractivity contribution in [3.05, 3.63) is 29.8 Å². The maximum Gasteiger partial charge on any atom is 0.234 e. The van der Waals surface area contributed by atoms with E-state index in [-0.39, 0.29) is 24.4 Å². The van der Waals surface area contributed by atoms with Gasteiger partial charge in [0.1, 0.15) is 5.75 Å². The van der Waals surface area contributed by atoms with Gasteiger partial charge in [-0.05, 0) is 43.5 Å². The summed E-state index contributed by atoms with van der Waals surface area (Å²) in [5.41, 5.74) is 6.42. The molecule has 0 aliphatic carbocycles. The third-order valence-electron chi connectivity index (χ3n) is 4.15. The number of primary amides is 1. The Hall–Kier alpha value is -2.08. The molecule has 0 bridgehead atoms. The largest absolute Gasteiger partial charge is 0.494 e. The number of rotatable bonds is 8. The second-order valence-corrected chi connectivity index (χ2v) is 6.16. The minimum atomic E-state index is -0.344. The molecule has 24 heavy (non-hydrogen) atoms. The molecule has 6 heteroatoms. The molecule has 0 radical (unpaired) electrons. The number of nitrogens with two attached hydrogens (primary N) is 1. The van der Waals surface area contributed by atoms with Gasteiger partial charge in [-0.1, -0.05) is 25.5 Å². The highest BCUT2D eigenvalue weighted by Gasteiger charge is 2.28. The number of carbonyl (C=O) groups is 2. The zero-order valence-corrected chi connectivity index (χ0v) is 14.3. The number of amides is 2. The number of ether oxygens (including phenoxy) is 1. The predicted octanol–water partition coefficient (Wildman–Crippen LogP) is 1.43. The van der Waals surface area contributed by atoms with Crippen molar-refractivity contribution >= 4 is 11.8 Å². The zero-order chi connectivity index (χ0) is 17.4. The van der Waals surface area contributed by atoms with Gasteiger partial charge in [0.25, 0.3) is 0 Å². The Bertz CT molecular complexity index is 562. The van der Waals surface area contributed by atoms with Gasteiger partial charge in [0, 0.05) is 6.54 Å². The number of hydrogen-bond acceptors (Lipinski definition) is 4. The zero-order valence-electron chi connectivity index (χ0n) is 14.3. The van der Waals surface area contributed by atoms with Gasteiger partial charge in [0.2, 0.25) is 11.8 Å². The molecule has 0 saturated carbocycles. The number of carbonyl (C=O) groups excluding carboxylic acids is 2. The monoisotopic (exact) mass is 333 g/mol. The van der Waals surface area contributed by atoms with Crippen LogP contribution < -0.4 is 15.8 Å². The molecular weight excluding hydrogens is 306 g/mol. The summed E-state index contributed by atoms with van der Waals surface area (Å²) in [4.78, 5) is 25.5. The summed E-state index contributed by atoms with van der Waals surface area (Å²) in [6, 6.07) is 7.39. The van der Waals surface area contributed by atoms with E-state index in [0.717, 1.165) is 43.5 Å². The second kappa shape index (κ2) is 9.27. The van der Waals surface area contributed by atoms with Crippen molar-refractivity contribution in [2.45, 2.75) is 45.2 Å². The fourth-order valence-corrected chi connectivity index (χ4v) is 2.91. The quantitative estimate of drug-likeness (QED) is 0.754. The number of hydrogen-bond donors (Lipinski definition) is 2. The summed E-state index contributed by atoms with van der Waals surface area (Å²) in [6.45, 7) is 4.13. The molecule has 0 aromatic heterocycles. The van der Waals surface area contributed by atoms with Crippen molar-refractivity contribution in [3.8, 4) is 5.75 Å². The normalized spacial score (nSPS) is 18.1. The molecule has 1 aromatic rings. The molecule has 1 heterocycles. The molecule has 1 aliphatic rings. The Morgan fingerprint density at radius 1 is 1.38 bits per heavy atom.